The number of carbonyl (C=O) groups excluding carboxylic acids is 1. The van der Waals surface area contributed by atoms with Crippen molar-refractivity contribution in [2.75, 3.05) is 39.3 Å². The molecule has 0 spiro atoms. The van der Waals surface area contributed by atoms with Crippen LogP contribution in [-0.2, 0) is 14.8 Å². The predicted octanol–water partition coefficient (Wildman–Crippen LogP) is 0.408. The molecular formula is C18H21F3N3O3S+. The summed E-state index contributed by atoms with van der Waals surface area (Å²) in [7, 11) is -3.66. The molecule has 10 heteroatoms. The molecule has 6 nitrogen and oxygen atoms in total. The first-order valence-electron chi connectivity index (χ1n) is 8.81. The normalized spacial score (nSPS) is 17.0. The summed E-state index contributed by atoms with van der Waals surface area (Å²) in [4.78, 5) is 12.6. The summed E-state index contributed by atoms with van der Waals surface area (Å²) < 4.78 is 63.5. The molecule has 0 aromatic heterocycles. The first-order valence-corrected chi connectivity index (χ1v) is 10.3. The van der Waals surface area contributed by atoms with Gasteiger partial charge in [-0.3, -0.25) is 4.79 Å². The summed E-state index contributed by atoms with van der Waals surface area (Å²) in [6, 6.07) is 12.4. The molecule has 1 aliphatic rings. The lowest BCUT2D eigenvalue weighted by atomic mass is 10.1. The maximum Gasteiger partial charge on any atom is 0.405 e. The molecule has 1 aliphatic heterocycles. The van der Waals surface area contributed by atoms with Crippen molar-refractivity contribution in [3.8, 4) is 0 Å². The molecule has 0 unspecified atom stereocenters. The van der Waals surface area contributed by atoms with Crippen molar-refractivity contribution < 1.29 is 31.3 Å². The zero-order chi connectivity index (χ0) is 20.4. The Hall–Kier alpha value is -2.17. The Morgan fingerprint density at radius 3 is 2.36 bits per heavy atom. The van der Waals surface area contributed by atoms with Crippen LogP contribution in [-0.4, -0.2) is 64.1 Å². The molecule has 2 aromatic carbocycles. The van der Waals surface area contributed by atoms with Gasteiger partial charge in [0.2, 0.25) is 10.0 Å². The Kier molecular flexibility index (Phi) is 5.92. The van der Waals surface area contributed by atoms with Crippen molar-refractivity contribution >= 4 is 26.7 Å². The van der Waals surface area contributed by atoms with E-state index in [0.29, 0.717) is 13.1 Å². The van der Waals surface area contributed by atoms with Gasteiger partial charge in [-0.15, -0.1) is 0 Å². The van der Waals surface area contributed by atoms with E-state index in [4.69, 9.17) is 0 Å². The van der Waals surface area contributed by atoms with Crippen molar-refractivity contribution in [2.24, 2.45) is 0 Å². The Balaban J connectivity index is 1.59. The molecule has 152 valence electrons. The molecule has 0 aliphatic carbocycles. The van der Waals surface area contributed by atoms with Crippen LogP contribution >= 0.6 is 0 Å². The third-order valence-corrected chi connectivity index (χ3v) is 6.58. The van der Waals surface area contributed by atoms with Gasteiger partial charge in [0, 0.05) is 0 Å². The maximum absolute atomic E-state index is 12.9. The number of quaternary nitrogens is 1. The lowest BCUT2D eigenvalue weighted by molar-refractivity contribution is -0.895. The van der Waals surface area contributed by atoms with Gasteiger partial charge < -0.3 is 10.2 Å². The van der Waals surface area contributed by atoms with Gasteiger partial charge in [-0.1, -0.05) is 30.3 Å². The number of amides is 1. The average molecular weight is 416 g/mol. The number of alkyl halides is 3. The molecule has 0 saturated carbocycles. The molecule has 1 fully saturated rings. The monoisotopic (exact) mass is 416 g/mol. The fourth-order valence-corrected chi connectivity index (χ4v) is 4.66. The van der Waals surface area contributed by atoms with E-state index in [1.54, 1.807) is 18.2 Å². The molecule has 0 radical (unpaired) electrons. The van der Waals surface area contributed by atoms with Gasteiger partial charge in [0.05, 0.1) is 31.1 Å². The van der Waals surface area contributed by atoms with Crippen LogP contribution in [0.1, 0.15) is 0 Å². The molecule has 2 aromatic rings. The number of carbonyl (C=O) groups is 1. The van der Waals surface area contributed by atoms with Gasteiger partial charge in [0.1, 0.15) is 6.54 Å². The summed E-state index contributed by atoms with van der Waals surface area (Å²) in [5.74, 6) is -0.696. The highest BCUT2D eigenvalue weighted by atomic mass is 32.2. The van der Waals surface area contributed by atoms with Crippen LogP contribution in [0.2, 0.25) is 0 Å². The number of nitrogens with zero attached hydrogens (tertiary/aromatic N) is 1. The Labute approximate surface area is 161 Å². The van der Waals surface area contributed by atoms with Crippen LogP contribution in [0.25, 0.3) is 10.8 Å². The summed E-state index contributed by atoms with van der Waals surface area (Å²) in [5.41, 5.74) is 0. The number of sulfonamides is 1. The summed E-state index contributed by atoms with van der Waals surface area (Å²) in [6.45, 7) is -0.353. The highest BCUT2D eigenvalue weighted by Gasteiger charge is 2.32. The van der Waals surface area contributed by atoms with E-state index in [1.165, 1.54) is 4.31 Å². The second-order valence-corrected chi connectivity index (χ2v) is 8.67. The highest BCUT2D eigenvalue weighted by molar-refractivity contribution is 7.89. The number of rotatable bonds is 5. The third kappa shape index (κ3) is 5.00. The van der Waals surface area contributed by atoms with Crippen molar-refractivity contribution in [2.45, 2.75) is 11.1 Å². The van der Waals surface area contributed by atoms with E-state index in [1.807, 2.05) is 29.6 Å². The van der Waals surface area contributed by atoms with Crippen LogP contribution in [0.15, 0.2) is 47.4 Å². The zero-order valence-electron chi connectivity index (χ0n) is 15.0. The fourth-order valence-electron chi connectivity index (χ4n) is 3.18. The lowest BCUT2D eigenvalue weighted by Gasteiger charge is -2.31. The molecule has 0 atom stereocenters. The number of hydrogen-bond donors (Lipinski definition) is 2. The smallest absolute Gasteiger partial charge is 0.342 e. The zero-order valence-corrected chi connectivity index (χ0v) is 15.8. The minimum absolute atomic E-state index is 0.111. The van der Waals surface area contributed by atoms with Crippen LogP contribution in [0.5, 0.6) is 0 Å². The maximum atomic E-state index is 12.9. The largest absolute Gasteiger partial charge is 0.405 e. The molecule has 1 saturated heterocycles. The molecule has 1 heterocycles. The number of benzene rings is 2. The van der Waals surface area contributed by atoms with Gasteiger partial charge in [-0.2, -0.15) is 17.5 Å². The van der Waals surface area contributed by atoms with Crippen molar-refractivity contribution in [3.05, 3.63) is 42.5 Å². The summed E-state index contributed by atoms with van der Waals surface area (Å²) in [6.07, 6.45) is -4.45. The molecule has 3 rings (SSSR count). The van der Waals surface area contributed by atoms with E-state index < -0.39 is 28.7 Å². The van der Waals surface area contributed by atoms with Gasteiger partial charge in [-0.05, 0) is 22.9 Å². The summed E-state index contributed by atoms with van der Waals surface area (Å²) >= 11 is 0. The van der Waals surface area contributed by atoms with Crippen molar-refractivity contribution in [1.29, 1.82) is 0 Å². The van der Waals surface area contributed by atoms with Crippen LogP contribution < -0.4 is 10.2 Å². The number of halogens is 3. The van der Waals surface area contributed by atoms with Crippen LogP contribution in [0.4, 0.5) is 13.2 Å². The Morgan fingerprint density at radius 2 is 1.71 bits per heavy atom. The summed E-state index contributed by atoms with van der Waals surface area (Å²) in [5, 5.41) is 3.61. The second-order valence-electron chi connectivity index (χ2n) is 6.73. The van der Waals surface area contributed by atoms with Gasteiger partial charge in [-0.25, -0.2) is 8.42 Å². The quantitative estimate of drug-likeness (QED) is 0.742. The highest BCUT2D eigenvalue weighted by Crippen LogP contribution is 2.21. The second kappa shape index (κ2) is 8.06. The minimum Gasteiger partial charge on any atom is -0.342 e. The minimum atomic E-state index is -4.45. The van der Waals surface area contributed by atoms with E-state index >= 15 is 0 Å². The van der Waals surface area contributed by atoms with Crippen molar-refractivity contribution in [1.82, 2.24) is 9.62 Å². The predicted molar refractivity (Wildman–Crippen MR) is 97.3 cm³/mol. The van der Waals surface area contributed by atoms with E-state index in [2.05, 4.69) is 0 Å². The van der Waals surface area contributed by atoms with E-state index in [9.17, 15) is 26.4 Å². The molecule has 1 amide bonds. The van der Waals surface area contributed by atoms with E-state index in [0.717, 1.165) is 15.7 Å². The van der Waals surface area contributed by atoms with Crippen molar-refractivity contribution in [3.63, 3.8) is 0 Å². The molecule has 2 N–H and O–H groups in total. The molecular weight excluding hydrogens is 395 g/mol. The lowest BCUT2D eigenvalue weighted by Crippen LogP contribution is -3.15. The number of hydrogen-bond acceptors (Lipinski definition) is 3. The topological polar surface area (TPSA) is 70.9 Å². The first-order chi connectivity index (χ1) is 13.1. The number of nitrogens with one attached hydrogen (secondary N) is 2. The van der Waals surface area contributed by atoms with Gasteiger partial charge in [0.15, 0.2) is 6.54 Å². The first kappa shape index (κ1) is 20.6. The third-order valence-electron chi connectivity index (χ3n) is 4.68. The fraction of sp³-hybridized carbons (Fsp3) is 0.389. The number of piperazine rings is 1. The van der Waals surface area contributed by atoms with Gasteiger partial charge in [0.25, 0.3) is 5.91 Å². The van der Waals surface area contributed by atoms with Crippen LogP contribution in [0.3, 0.4) is 0 Å². The van der Waals surface area contributed by atoms with E-state index in [-0.39, 0.29) is 24.5 Å². The molecule has 28 heavy (non-hydrogen) atoms. The Bertz CT molecular complexity index is 955. The Morgan fingerprint density at radius 1 is 1.07 bits per heavy atom. The van der Waals surface area contributed by atoms with Crippen LogP contribution in [0, 0.1) is 0 Å². The number of fused-ring (bicyclic) bond motifs is 1. The SMILES string of the molecule is O=C(C[NH+]1CCN(S(=O)(=O)c2ccc3ccccc3c2)CC1)NCC(F)(F)F. The van der Waals surface area contributed by atoms with Gasteiger partial charge >= 0.3 is 6.18 Å². The molecule has 0 bridgehead atoms. The standard InChI is InChI=1S/C18H20F3N3O3S/c19-18(20,21)13-22-17(25)12-23-7-9-24(10-8-23)28(26,27)16-6-5-14-3-1-2-4-15(14)11-16/h1-6,11H,7-10,12-13H2,(H,22,25)/p+1. The average Bonchev–Trinajstić information content (AvgIpc) is 2.66.